The first-order valence-corrected chi connectivity index (χ1v) is 10.7. The predicted octanol–water partition coefficient (Wildman–Crippen LogP) is 4.37. The molecule has 1 aromatic heterocycles. The summed E-state index contributed by atoms with van der Waals surface area (Å²) in [7, 11) is 0. The van der Waals surface area contributed by atoms with Gasteiger partial charge in [0.1, 0.15) is 5.82 Å². The smallest absolute Gasteiger partial charge is 0.349 e. The topological polar surface area (TPSA) is 67.2 Å². The molecule has 2 aromatic carbocycles. The van der Waals surface area contributed by atoms with Crippen LogP contribution in [0.5, 0.6) is 0 Å². The molecule has 178 valence electrons. The zero-order chi connectivity index (χ0) is 24.5. The van der Waals surface area contributed by atoms with Crippen LogP contribution in [0.3, 0.4) is 0 Å². The fourth-order valence-electron chi connectivity index (χ4n) is 3.96. The van der Waals surface area contributed by atoms with Crippen LogP contribution in [-0.2, 0) is 6.18 Å². The highest BCUT2D eigenvalue weighted by molar-refractivity contribution is 5.96. The summed E-state index contributed by atoms with van der Waals surface area (Å²) in [5.41, 5.74) is -0.693. The number of nitrogens with zero attached hydrogens (tertiary/aromatic N) is 3. The number of alkyl halides is 3. The number of carbonyl (C=O) groups is 2. The molecule has 0 saturated carbocycles. The lowest BCUT2D eigenvalue weighted by Gasteiger charge is -2.32. The van der Waals surface area contributed by atoms with Crippen molar-refractivity contribution >= 4 is 11.8 Å². The van der Waals surface area contributed by atoms with Crippen LogP contribution in [0.4, 0.5) is 17.6 Å². The second-order valence-electron chi connectivity index (χ2n) is 8.17. The van der Waals surface area contributed by atoms with Crippen molar-refractivity contribution < 1.29 is 27.2 Å². The monoisotopic (exact) mass is 474 g/mol. The first kappa shape index (κ1) is 23.5. The van der Waals surface area contributed by atoms with Crippen LogP contribution >= 0.6 is 0 Å². The zero-order valence-corrected chi connectivity index (χ0v) is 18.3. The first-order valence-electron chi connectivity index (χ1n) is 10.7. The average Bonchev–Trinajstić information content (AvgIpc) is 3.26. The third kappa shape index (κ3) is 4.80. The molecule has 1 fully saturated rings. The Bertz CT molecular complexity index is 1200. The third-order valence-electron chi connectivity index (χ3n) is 5.78. The number of aromatic nitrogens is 2. The summed E-state index contributed by atoms with van der Waals surface area (Å²) in [4.78, 5) is 26.8. The Balaban J connectivity index is 1.46. The first-order chi connectivity index (χ1) is 16.1. The fourth-order valence-corrected chi connectivity index (χ4v) is 3.96. The summed E-state index contributed by atoms with van der Waals surface area (Å²) in [6.07, 6.45) is -3.22. The Morgan fingerprint density at radius 2 is 1.65 bits per heavy atom. The summed E-state index contributed by atoms with van der Waals surface area (Å²) in [6, 6.07) is 11.6. The SMILES string of the molecule is Cc1ccc(-n2ncc(C(=O)NC3CCN(C(=O)c4ccccc4F)CC3)c2C(F)(F)F)cc1. The number of benzene rings is 2. The highest BCUT2D eigenvalue weighted by atomic mass is 19.4. The number of rotatable bonds is 4. The lowest BCUT2D eigenvalue weighted by Crippen LogP contribution is -2.46. The van der Waals surface area contributed by atoms with E-state index in [-0.39, 0.29) is 24.3 Å². The summed E-state index contributed by atoms with van der Waals surface area (Å²) in [5.74, 6) is -1.96. The van der Waals surface area contributed by atoms with Crippen molar-refractivity contribution in [3.8, 4) is 5.69 Å². The van der Waals surface area contributed by atoms with Crippen LogP contribution in [0.25, 0.3) is 5.69 Å². The largest absolute Gasteiger partial charge is 0.434 e. The third-order valence-corrected chi connectivity index (χ3v) is 5.78. The van der Waals surface area contributed by atoms with Gasteiger partial charge in [0.25, 0.3) is 11.8 Å². The number of hydrogen-bond acceptors (Lipinski definition) is 3. The Morgan fingerprint density at radius 1 is 1.00 bits per heavy atom. The van der Waals surface area contributed by atoms with Gasteiger partial charge in [0.15, 0.2) is 5.69 Å². The summed E-state index contributed by atoms with van der Waals surface area (Å²) < 4.78 is 56.2. The lowest BCUT2D eigenvalue weighted by atomic mass is 10.0. The highest BCUT2D eigenvalue weighted by Gasteiger charge is 2.41. The van der Waals surface area contributed by atoms with Gasteiger partial charge in [0.05, 0.1) is 23.0 Å². The van der Waals surface area contributed by atoms with E-state index in [0.717, 1.165) is 11.8 Å². The van der Waals surface area contributed by atoms with E-state index in [2.05, 4.69) is 10.4 Å². The molecule has 4 rings (SSSR count). The lowest BCUT2D eigenvalue weighted by molar-refractivity contribution is -0.143. The minimum atomic E-state index is -4.80. The molecule has 34 heavy (non-hydrogen) atoms. The highest BCUT2D eigenvalue weighted by Crippen LogP contribution is 2.34. The minimum absolute atomic E-state index is 0.0386. The minimum Gasteiger partial charge on any atom is -0.349 e. The standard InChI is InChI=1S/C24H22F4N4O2/c1-15-6-8-17(9-7-15)32-21(24(26,27)28)19(14-29-32)22(33)30-16-10-12-31(13-11-16)23(34)18-4-2-3-5-20(18)25/h2-9,14,16H,10-13H2,1H3,(H,30,33). The molecule has 10 heteroatoms. The molecule has 2 amide bonds. The molecule has 1 aliphatic rings. The number of halogens is 4. The number of amides is 2. The van der Waals surface area contributed by atoms with Gasteiger partial charge in [-0.3, -0.25) is 9.59 Å². The molecule has 1 N–H and O–H groups in total. The van der Waals surface area contributed by atoms with Gasteiger partial charge in [-0.25, -0.2) is 9.07 Å². The van der Waals surface area contributed by atoms with E-state index in [4.69, 9.17) is 0 Å². The predicted molar refractivity (Wildman–Crippen MR) is 116 cm³/mol. The number of likely N-dealkylation sites (tertiary alicyclic amines) is 1. The Kier molecular flexibility index (Phi) is 6.41. The van der Waals surface area contributed by atoms with Crippen molar-refractivity contribution in [1.29, 1.82) is 0 Å². The second-order valence-corrected chi connectivity index (χ2v) is 8.17. The van der Waals surface area contributed by atoms with Gasteiger partial charge in [-0.2, -0.15) is 18.3 Å². The van der Waals surface area contributed by atoms with Crippen LogP contribution in [0, 0.1) is 12.7 Å². The summed E-state index contributed by atoms with van der Waals surface area (Å²) >= 11 is 0. The van der Waals surface area contributed by atoms with Crippen LogP contribution in [0.2, 0.25) is 0 Å². The Morgan fingerprint density at radius 3 is 2.26 bits per heavy atom. The number of hydrogen-bond donors (Lipinski definition) is 1. The van der Waals surface area contributed by atoms with Crippen molar-refractivity contribution in [3.05, 3.63) is 82.9 Å². The number of nitrogens with one attached hydrogen (secondary N) is 1. The molecule has 0 atom stereocenters. The van der Waals surface area contributed by atoms with E-state index in [0.29, 0.717) is 17.5 Å². The van der Waals surface area contributed by atoms with Gasteiger partial charge in [-0.15, -0.1) is 0 Å². The van der Waals surface area contributed by atoms with Crippen LogP contribution < -0.4 is 5.32 Å². The van der Waals surface area contributed by atoms with Crippen molar-refractivity contribution in [2.24, 2.45) is 0 Å². The maximum atomic E-state index is 13.9. The zero-order valence-electron chi connectivity index (χ0n) is 18.3. The van der Waals surface area contributed by atoms with Gasteiger partial charge < -0.3 is 10.2 Å². The molecule has 0 aliphatic carbocycles. The normalized spacial score (nSPS) is 14.8. The molecule has 0 unspecified atom stereocenters. The second kappa shape index (κ2) is 9.28. The van der Waals surface area contributed by atoms with Gasteiger partial charge >= 0.3 is 6.18 Å². The van der Waals surface area contributed by atoms with E-state index in [1.54, 1.807) is 18.2 Å². The van der Waals surface area contributed by atoms with E-state index >= 15 is 0 Å². The molecule has 0 spiro atoms. The molecule has 0 bridgehead atoms. The molecule has 2 heterocycles. The summed E-state index contributed by atoms with van der Waals surface area (Å²) in [5, 5.41) is 6.45. The average molecular weight is 474 g/mol. The van der Waals surface area contributed by atoms with Gasteiger partial charge in [0, 0.05) is 19.1 Å². The molecule has 6 nitrogen and oxygen atoms in total. The van der Waals surface area contributed by atoms with Crippen molar-refractivity contribution in [2.75, 3.05) is 13.1 Å². The van der Waals surface area contributed by atoms with Crippen molar-refractivity contribution in [2.45, 2.75) is 32.0 Å². The molecular formula is C24H22F4N4O2. The molecular weight excluding hydrogens is 452 g/mol. The Labute approximate surface area is 193 Å². The van der Waals surface area contributed by atoms with E-state index in [1.165, 1.54) is 35.2 Å². The molecule has 0 radical (unpaired) electrons. The van der Waals surface area contributed by atoms with Crippen molar-refractivity contribution in [3.63, 3.8) is 0 Å². The van der Waals surface area contributed by atoms with E-state index in [9.17, 15) is 27.2 Å². The van der Waals surface area contributed by atoms with Crippen LogP contribution in [0.1, 0.15) is 44.8 Å². The number of piperidine rings is 1. The maximum Gasteiger partial charge on any atom is 0.434 e. The number of aryl methyl sites for hydroxylation is 1. The van der Waals surface area contributed by atoms with Crippen LogP contribution in [0.15, 0.2) is 54.7 Å². The Hall–Kier alpha value is -3.69. The van der Waals surface area contributed by atoms with Gasteiger partial charge in [-0.05, 0) is 44.0 Å². The molecule has 1 aliphatic heterocycles. The van der Waals surface area contributed by atoms with E-state index in [1.807, 2.05) is 6.92 Å². The van der Waals surface area contributed by atoms with Gasteiger partial charge in [0.2, 0.25) is 0 Å². The molecule has 1 saturated heterocycles. The van der Waals surface area contributed by atoms with E-state index < -0.39 is 41.1 Å². The van der Waals surface area contributed by atoms with Gasteiger partial charge in [-0.1, -0.05) is 29.8 Å². The maximum absolute atomic E-state index is 13.9. The van der Waals surface area contributed by atoms with Crippen molar-refractivity contribution in [1.82, 2.24) is 20.0 Å². The quantitative estimate of drug-likeness (QED) is 0.571. The fraction of sp³-hybridized carbons (Fsp3) is 0.292. The summed E-state index contributed by atoms with van der Waals surface area (Å²) in [6.45, 7) is 2.30. The molecule has 3 aromatic rings. The number of carbonyl (C=O) groups excluding carboxylic acids is 2. The van der Waals surface area contributed by atoms with Crippen LogP contribution in [-0.4, -0.2) is 45.6 Å².